The van der Waals surface area contributed by atoms with Crippen molar-refractivity contribution in [3.05, 3.63) is 0 Å². The van der Waals surface area contributed by atoms with Gasteiger partial charge in [0.25, 0.3) is 0 Å². The molecule has 0 aromatic rings. The number of aliphatic hydroxyl groups excluding tert-OH is 1. The second-order valence-corrected chi connectivity index (χ2v) is 6.71. The fourth-order valence-electron chi connectivity index (χ4n) is 2.70. The minimum Gasteiger partial charge on any atom is -0.444 e. The summed E-state index contributed by atoms with van der Waals surface area (Å²) in [7, 11) is 0. The summed E-state index contributed by atoms with van der Waals surface area (Å²) in [5.74, 6) is -0.308. The third-order valence-electron chi connectivity index (χ3n) is 3.63. The lowest BCUT2D eigenvalue weighted by atomic mass is 10.1. The molecule has 6 nitrogen and oxygen atoms in total. The van der Waals surface area contributed by atoms with E-state index in [2.05, 4.69) is 0 Å². The third kappa shape index (κ3) is 3.84. The molecule has 0 saturated carbocycles. The van der Waals surface area contributed by atoms with Gasteiger partial charge >= 0.3 is 6.09 Å². The van der Waals surface area contributed by atoms with Crippen LogP contribution in [0.4, 0.5) is 9.18 Å². The van der Waals surface area contributed by atoms with Crippen LogP contribution in [0.5, 0.6) is 0 Å². The first-order valence-electron chi connectivity index (χ1n) is 7.28. The fourth-order valence-corrected chi connectivity index (χ4v) is 2.70. The van der Waals surface area contributed by atoms with Gasteiger partial charge in [-0.05, 0) is 27.2 Å². The lowest BCUT2D eigenvalue weighted by Gasteiger charge is -2.29. The lowest BCUT2D eigenvalue weighted by Crippen LogP contribution is -2.48. The molecule has 2 amide bonds. The Labute approximate surface area is 123 Å². The number of nitrogens with zero attached hydrogens (tertiary/aromatic N) is 2. The molecular weight excluding hydrogens is 279 g/mol. The summed E-state index contributed by atoms with van der Waals surface area (Å²) in [5.41, 5.74) is -0.671. The molecule has 0 radical (unpaired) electrons. The summed E-state index contributed by atoms with van der Waals surface area (Å²) in [6.45, 7) is 5.70. The quantitative estimate of drug-likeness (QED) is 0.782. The molecular formula is C14H23FN2O4. The van der Waals surface area contributed by atoms with Gasteiger partial charge in [-0.3, -0.25) is 9.69 Å². The molecule has 120 valence electrons. The van der Waals surface area contributed by atoms with E-state index in [0.29, 0.717) is 13.0 Å². The number of carbonyl (C=O) groups excluding carboxylic acids is 2. The molecule has 0 aromatic heterocycles. The Morgan fingerprint density at radius 1 is 1.29 bits per heavy atom. The van der Waals surface area contributed by atoms with Crippen molar-refractivity contribution in [1.29, 1.82) is 0 Å². The summed E-state index contributed by atoms with van der Waals surface area (Å²) in [4.78, 5) is 27.2. The van der Waals surface area contributed by atoms with Crippen molar-refractivity contribution in [2.75, 3.05) is 19.6 Å². The van der Waals surface area contributed by atoms with Gasteiger partial charge in [0, 0.05) is 13.0 Å². The Bertz CT molecular complexity index is 424. The van der Waals surface area contributed by atoms with E-state index in [9.17, 15) is 19.1 Å². The predicted molar refractivity (Wildman–Crippen MR) is 73.4 cm³/mol. The van der Waals surface area contributed by atoms with Gasteiger partial charge in [-0.15, -0.1) is 0 Å². The second-order valence-electron chi connectivity index (χ2n) is 6.71. The first-order valence-corrected chi connectivity index (χ1v) is 7.28. The van der Waals surface area contributed by atoms with Gasteiger partial charge in [0.1, 0.15) is 17.8 Å². The van der Waals surface area contributed by atoms with E-state index in [1.54, 1.807) is 20.8 Å². The predicted octanol–water partition coefficient (Wildman–Crippen LogP) is 0.927. The second kappa shape index (κ2) is 5.79. The van der Waals surface area contributed by atoms with Crippen LogP contribution in [0.3, 0.4) is 0 Å². The van der Waals surface area contributed by atoms with Crippen molar-refractivity contribution in [3.63, 3.8) is 0 Å². The normalized spacial score (nSPS) is 29.9. The summed E-state index contributed by atoms with van der Waals surface area (Å²) in [6, 6.07) is -0.764. The molecule has 3 atom stereocenters. The number of alkyl halides is 1. The molecule has 0 bridgehead atoms. The maximum atomic E-state index is 13.2. The number of ether oxygens (including phenoxy) is 1. The third-order valence-corrected chi connectivity index (χ3v) is 3.63. The van der Waals surface area contributed by atoms with E-state index in [1.807, 2.05) is 0 Å². The highest BCUT2D eigenvalue weighted by Crippen LogP contribution is 2.24. The van der Waals surface area contributed by atoms with Crippen molar-refractivity contribution >= 4 is 12.0 Å². The monoisotopic (exact) mass is 302 g/mol. The van der Waals surface area contributed by atoms with Crippen LogP contribution < -0.4 is 0 Å². The number of likely N-dealkylation sites (tertiary alicyclic amines) is 2. The minimum absolute atomic E-state index is 0.0631. The van der Waals surface area contributed by atoms with Crippen LogP contribution >= 0.6 is 0 Å². The first-order chi connectivity index (χ1) is 9.67. The average Bonchev–Trinajstić information content (AvgIpc) is 2.92. The zero-order valence-corrected chi connectivity index (χ0v) is 12.7. The van der Waals surface area contributed by atoms with E-state index >= 15 is 0 Å². The van der Waals surface area contributed by atoms with Crippen molar-refractivity contribution in [3.8, 4) is 0 Å². The van der Waals surface area contributed by atoms with Crippen LogP contribution in [0.2, 0.25) is 0 Å². The van der Waals surface area contributed by atoms with Crippen molar-refractivity contribution in [1.82, 2.24) is 9.80 Å². The van der Waals surface area contributed by atoms with Gasteiger partial charge in [0.05, 0.1) is 19.2 Å². The number of carbonyl (C=O) groups is 2. The van der Waals surface area contributed by atoms with Crippen molar-refractivity contribution in [2.24, 2.45) is 0 Å². The average molecular weight is 302 g/mol. The number of amides is 2. The standard InChI is InChI=1S/C14H23FN2O4/c1-14(2,3)21-13(20)17-8-10(18)6-11(17)12(19)16-5-4-9(15)7-16/h9-11,18H,4-8H2,1-3H3/t9-,10+,11-/m0/s1. The highest BCUT2D eigenvalue weighted by molar-refractivity contribution is 5.86. The molecule has 1 N–H and O–H groups in total. The highest BCUT2D eigenvalue weighted by Gasteiger charge is 2.43. The molecule has 2 rings (SSSR count). The summed E-state index contributed by atoms with van der Waals surface area (Å²) >= 11 is 0. The molecule has 0 spiro atoms. The maximum Gasteiger partial charge on any atom is 0.411 e. The van der Waals surface area contributed by atoms with E-state index in [-0.39, 0.29) is 25.4 Å². The van der Waals surface area contributed by atoms with E-state index in [1.165, 1.54) is 9.80 Å². The van der Waals surface area contributed by atoms with Crippen LogP contribution in [0.15, 0.2) is 0 Å². The van der Waals surface area contributed by atoms with Gasteiger partial charge in [-0.1, -0.05) is 0 Å². The Hall–Kier alpha value is -1.37. The largest absolute Gasteiger partial charge is 0.444 e. The molecule has 0 unspecified atom stereocenters. The number of halogens is 1. The van der Waals surface area contributed by atoms with Crippen LogP contribution in [-0.2, 0) is 9.53 Å². The number of aliphatic hydroxyl groups is 1. The van der Waals surface area contributed by atoms with E-state index < -0.39 is 30.0 Å². The van der Waals surface area contributed by atoms with Gasteiger partial charge in [0.2, 0.25) is 5.91 Å². The Morgan fingerprint density at radius 2 is 1.95 bits per heavy atom. The van der Waals surface area contributed by atoms with Crippen LogP contribution in [0.1, 0.15) is 33.6 Å². The summed E-state index contributed by atoms with van der Waals surface area (Å²) < 4.78 is 18.5. The zero-order chi connectivity index (χ0) is 15.8. The Morgan fingerprint density at radius 3 is 2.48 bits per heavy atom. The van der Waals surface area contributed by atoms with Gasteiger partial charge < -0.3 is 14.7 Å². The van der Waals surface area contributed by atoms with E-state index in [0.717, 1.165) is 0 Å². The number of hydrogen-bond donors (Lipinski definition) is 1. The number of rotatable bonds is 1. The summed E-state index contributed by atoms with van der Waals surface area (Å²) in [5, 5.41) is 9.77. The highest BCUT2D eigenvalue weighted by atomic mass is 19.1. The zero-order valence-electron chi connectivity index (χ0n) is 12.7. The first kappa shape index (κ1) is 16.0. The Kier molecular flexibility index (Phi) is 4.41. The SMILES string of the molecule is CC(C)(C)OC(=O)N1C[C@H](O)C[C@H]1C(=O)N1CC[C@H](F)C1. The molecule has 2 saturated heterocycles. The molecule has 21 heavy (non-hydrogen) atoms. The smallest absolute Gasteiger partial charge is 0.411 e. The van der Waals surface area contributed by atoms with Gasteiger partial charge in [0.15, 0.2) is 0 Å². The van der Waals surface area contributed by atoms with Crippen LogP contribution in [-0.4, -0.2) is 70.5 Å². The molecule has 7 heteroatoms. The molecule has 2 fully saturated rings. The minimum atomic E-state index is -1.00. The number of β-amino-alcohol motifs (C(OH)–C–C–N with tert-alkyl or cyclic N) is 1. The number of hydrogen-bond acceptors (Lipinski definition) is 4. The fraction of sp³-hybridized carbons (Fsp3) is 0.857. The molecule has 0 aliphatic carbocycles. The van der Waals surface area contributed by atoms with Crippen LogP contribution in [0.25, 0.3) is 0 Å². The Balaban J connectivity index is 2.06. The lowest BCUT2D eigenvalue weighted by molar-refractivity contribution is -0.135. The van der Waals surface area contributed by atoms with Gasteiger partial charge in [-0.25, -0.2) is 9.18 Å². The molecule has 2 aliphatic heterocycles. The molecule has 0 aromatic carbocycles. The van der Waals surface area contributed by atoms with Crippen molar-refractivity contribution in [2.45, 2.75) is 57.5 Å². The van der Waals surface area contributed by atoms with Gasteiger partial charge in [-0.2, -0.15) is 0 Å². The maximum absolute atomic E-state index is 13.2. The van der Waals surface area contributed by atoms with Crippen LogP contribution in [0, 0.1) is 0 Å². The van der Waals surface area contributed by atoms with Crippen molar-refractivity contribution < 1.29 is 23.8 Å². The van der Waals surface area contributed by atoms with E-state index in [4.69, 9.17) is 4.74 Å². The topological polar surface area (TPSA) is 70.1 Å². The molecule has 2 heterocycles. The molecule has 2 aliphatic rings. The summed E-state index contributed by atoms with van der Waals surface area (Å²) in [6.07, 6.45) is -1.88.